The molecule has 0 atom stereocenters. The van der Waals surface area contributed by atoms with Gasteiger partial charge in [-0.15, -0.1) is 0 Å². The van der Waals surface area contributed by atoms with Gasteiger partial charge < -0.3 is 15.0 Å². The largest absolute Gasteiger partial charge is 0.378 e. The number of carbonyl (C=O) groups excluding carboxylic acids is 2. The van der Waals surface area contributed by atoms with Crippen LogP contribution < -0.4 is 5.32 Å². The smallest absolute Gasteiger partial charge is 0.313 e. The molecule has 1 saturated heterocycles. The first-order valence-electron chi connectivity index (χ1n) is 9.58. The van der Waals surface area contributed by atoms with Crippen molar-refractivity contribution < 1.29 is 14.3 Å². The standard InChI is InChI=1S/C22H24N2O3/c1-2-27-18-9-11-24(12-10-18)22(26)21(25)23-17-7-8-20-16(14-17)13-15-5-3-4-6-19(15)20/h3-8,14,18H,2,9-13H2,1H3,(H,23,25). The lowest BCUT2D eigenvalue weighted by Gasteiger charge is -2.31. The number of benzene rings is 2. The van der Waals surface area contributed by atoms with Gasteiger partial charge in [0.1, 0.15) is 0 Å². The molecule has 0 spiro atoms. The Hall–Kier alpha value is -2.66. The van der Waals surface area contributed by atoms with Crippen molar-refractivity contribution in [2.75, 3.05) is 25.0 Å². The van der Waals surface area contributed by atoms with E-state index in [1.165, 1.54) is 22.3 Å². The minimum atomic E-state index is -0.569. The van der Waals surface area contributed by atoms with Gasteiger partial charge in [-0.2, -0.15) is 0 Å². The lowest BCUT2D eigenvalue weighted by Crippen LogP contribution is -2.45. The van der Waals surface area contributed by atoms with E-state index < -0.39 is 11.8 Å². The predicted molar refractivity (Wildman–Crippen MR) is 105 cm³/mol. The minimum Gasteiger partial charge on any atom is -0.378 e. The topological polar surface area (TPSA) is 58.6 Å². The molecular weight excluding hydrogens is 340 g/mol. The quantitative estimate of drug-likeness (QED) is 0.726. The predicted octanol–water partition coefficient (Wildman–Crippen LogP) is 3.22. The van der Waals surface area contributed by atoms with E-state index in [9.17, 15) is 9.59 Å². The molecule has 0 radical (unpaired) electrons. The summed E-state index contributed by atoms with van der Waals surface area (Å²) in [6.45, 7) is 3.79. The summed E-state index contributed by atoms with van der Waals surface area (Å²) in [4.78, 5) is 26.5. The number of ether oxygens (including phenoxy) is 1. The molecule has 0 bridgehead atoms. The van der Waals surface area contributed by atoms with Crippen LogP contribution in [0.25, 0.3) is 11.1 Å². The first-order chi connectivity index (χ1) is 13.2. The molecule has 2 aliphatic rings. The molecule has 2 aromatic carbocycles. The third-order valence-corrected chi connectivity index (χ3v) is 5.38. The number of hydrogen-bond acceptors (Lipinski definition) is 3. The fraction of sp³-hybridized carbons (Fsp3) is 0.364. The van der Waals surface area contributed by atoms with Crippen LogP contribution in [0.4, 0.5) is 5.69 Å². The summed E-state index contributed by atoms with van der Waals surface area (Å²) in [5.74, 6) is -1.03. The van der Waals surface area contributed by atoms with E-state index in [1.54, 1.807) is 4.90 Å². The minimum absolute atomic E-state index is 0.195. The molecule has 1 aliphatic heterocycles. The molecule has 5 nitrogen and oxygen atoms in total. The van der Waals surface area contributed by atoms with Gasteiger partial charge in [-0.3, -0.25) is 9.59 Å². The molecule has 0 saturated carbocycles. The summed E-state index contributed by atoms with van der Waals surface area (Å²) >= 11 is 0. The number of amides is 2. The van der Waals surface area contributed by atoms with E-state index in [1.807, 2.05) is 37.3 Å². The van der Waals surface area contributed by atoms with Crippen LogP contribution in [-0.4, -0.2) is 42.5 Å². The molecule has 1 N–H and O–H groups in total. The highest BCUT2D eigenvalue weighted by atomic mass is 16.5. The van der Waals surface area contributed by atoms with Crippen molar-refractivity contribution in [3.63, 3.8) is 0 Å². The molecule has 1 aliphatic carbocycles. The second-order valence-corrected chi connectivity index (χ2v) is 7.11. The molecule has 2 aromatic rings. The third-order valence-electron chi connectivity index (χ3n) is 5.38. The van der Waals surface area contributed by atoms with Gasteiger partial charge >= 0.3 is 11.8 Å². The number of fused-ring (bicyclic) bond motifs is 3. The second kappa shape index (κ2) is 7.53. The van der Waals surface area contributed by atoms with Crippen LogP contribution in [0.5, 0.6) is 0 Å². The average Bonchev–Trinajstić information content (AvgIpc) is 3.06. The first kappa shape index (κ1) is 17.7. The van der Waals surface area contributed by atoms with E-state index in [0.29, 0.717) is 25.4 Å². The van der Waals surface area contributed by atoms with Crippen LogP contribution in [-0.2, 0) is 20.7 Å². The van der Waals surface area contributed by atoms with Gasteiger partial charge in [-0.05, 0) is 60.6 Å². The van der Waals surface area contributed by atoms with Gasteiger partial charge in [0.15, 0.2) is 0 Å². The maximum atomic E-state index is 12.5. The Morgan fingerprint density at radius 2 is 1.81 bits per heavy atom. The molecule has 2 amide bonds. The Morgan fingerprint density at radius 3 is 2.59 bits per heavy atom. The highest BCUT2D eigenvalue weighted by Crippen LogP contribution is 2.37. The van der Waals surface area contributed by atoms with Crippen molar-refractivity contribution in [3.05, 3.63) is 53.6 Å². The van der Waals surface area contributed by atoms with Crippen molar-refractivity contribution in [3.8, 4) is 11.1 Å². The van der Waals surface area contributed by atoms with Crippen LogP contribution in [0.3, 0.4) is 0 Å². The van der Waals surface area contributed by atoms with Gasteiger partial charge in [0.2, 0.25) is 0 Å². The van der Waals surface area contributed by atoms with Gasteiger partial charge in [-0.1, -0.05) is 30.3 Å². The fourth-order valence-corrected chi connectivity index (χ4v) is 4.01. The number of piperidine rings is 1. The summed E-state index contributed by atoms with van der Waals surface area (Å²) in [6, 6.07) is 14.2. The normalized spacial score (nSPS) is 16.0. The van der Waals surface area contributed by atoms with Gasteiger partial charge in [0, 0.05) is 25.4 Å². The van der Waals surface area contributed by atoms with Crippen molar-refractivity contribution in [2.45, 2.75) is 32.3 Å². The monoisotopic (exact) mass is 364 g/mol. The summed E-state index contributed by atoms with van der Waals surface area (Å²) in [5, 5.41) is 2.77. The van der Waals surface area contributed by atoms with Gasteiger partial charge in [0.25, 0.3) is 0 Å². The number of rotatable bonds is 3. The van der Waals surface area contributed by atoms with Gasteiger partial charge in [0.05, 0.1) is 6.10 Å². The summed E-state index contributed by atoms with van der Waals surface area (Å²) < 4.78 is 5.60. The number of anilines is 1. The molecule has 4 rings (SSSR count). The lowest BCUT2D eigenvalue weighted by atomic mass is 10.1. The summed E-state index contributed by atoms with van der Waals surface area (Å²) in [6.07, 6.45) is 2.61. The molecule has 0 aromatic heterocycles. The zero-order valence-electron chi connectivity index (χ0n) is 15.5. The number of nitrogens with one attached hydrogen (secondary N) is 1. The van der Waals surface area contributed by atoms with E-state index in [-0.39, 0.29) is 6.10 Å². The number of likely N-dealkylation sites (tertiary alicyclic amines) is 1. The highest BCUT2D eigenvalue weighted by Gasteiger charge is 2.27. The number of hydrogen-bond donors (Lipinski definition) is 1. The average molecular weight is 364 g/mol. The Balaban J connectivity index is 1.39. The Kier molecular flexibility index (Phi) is 4.94. The van der Waals surface area contributed by atoms with Crippen LogP contribution in [0.2, 0.25) is 0 Å². The molecule has 0 unspecified atom stereocenters. The summed E-state index contributed by atoms with van der Waals surface area (Å²) in [7, 11) is 0. The third kappa shape index (κ3) is 3.60. The summed E-state index contributed by atoms with van der Waals surface area (Å²) in [5.41, 5.74) is 5.60. The first-order valence-corrected chi connectivity index (χ1v) is 9.58. The van der Waals surface area contributed by atoms with E-state index in [4.69, 9.17) is 4.74 Å². The van der Waals surface area contributed by atoms with E-state index >= 15 is 0 Å². The zero-order chi connectivity index (χ0) is 18.8. The molecule has 27 heavy (non-hydrogen) atoms. The maximum Gasteiger partial charge on any atom is 0.313 e. The lowest BCUT2D eigenvalue weighted by molar-refractivity contribution is -0.144. The van der Waals surface area contributed by atoms with Crippen LogP contribution in [0.15, 0.2) is 42.5 Å². The maximum absolute atomic E-state index is 12.5. The van der Waals surface area contributed by atoms with Crippen molar-refractivity contribution in [1.29, 1.82) is 0 Å². The number of carbonyl (C=O) groups is 2. The van der Waals surface area contributed by atoms with Gasteiger partial charge in [-0.25, -0.2) is 0 Å². The molecule has 1 heterocycles. The van der Waals surface area contributed by atoms with Crippen LogP contribution >= 0.6 is 0 Å². The second-order valence-electron chi connectivity index (χ2n) is 7.11. The highest BCUT2D eigenvalue weighted by molar-refractivity contribution is 6.39. The van der Waals surface area contributed by atoms with E-state index in [0.717, 1.165) is 19.3 Å². The van der Waals surface area contributed by atoms with Crippen LogP contribution in [0, 0.1) is 0 Å². The van der Waals surface area contributed by atoms with E-state index in [2.05, 4.69) is 17.4 Å². The molecule has 1 fully saturated rings. The zero-order valence-corrected chi connectivity index (χ0v) is 15.5. The Bertz CT molecular complexity index is 870. The molecule has 140 valence electrons. The molecular formula is C22H24N2O3. The molecule has 5 heteroatoms. The van der Waals surface area contributed by atoms with Crippen molar-refractivity contribution in [2.24, 2.45) is 0 Å². The van der Waals surface area contributed by atoms with Crippen molar-refractivity contribution in [1.82, 2.24) is 4.90 Å². The Labute approximate surface area is 159 Å². The Morgan fingerprint density at radius 1 is 1.07 bits per heavy atom. The SMILES string of the molecule is CCOC1CCN(C(=O)C(=O)Nc2ccc3c(c2)Cc2ccccc2-3)CC1. The fourth-order valence-electron chi connectivity index (χ4n) is 4.01. The van der Waals surface area contributed by atoms with Crippen molar-refractivity contribution >= 4 is 17.5 Å². The van der Waals surface area contributed by atoms with Crippen LogP contribution in [0.1, 0.15) is 30.9 Å². The number of nitrogens with zero attached hydrogens (tertiary/aromatic N) is 1.